The highest BCUT2D eigenvalue weighted by atomic mass is 32.2. The maximum absolute atomic E-state index is 11.8. The van der Waals surface area contributed by atoms with Crippen molar-refractivity contribution in [3.05, 3.63) is 59.0 Å². The average molecular weight is 301 g/mol. The van der Waals surface area contributed by atoms with Crippen LogP contribution in [0.5, 0.6) is 0 Å². The van der Waals surface area contributed by atoms with E-state index in [2.05, 4.69) is 36.5 Å². The normalized spacial score (nSPS) is 14.1. The molecular formula is C17H19NO2S. The number of hydrogen-bond donors (Lipinski definition) is 1. The number of carbonyl (C=O) groups excluding carboxylic acids is 1. The van der Waals surface area contributed by atoms with Gasteiger partial charge in [0.2, 0.25) is 0 Å². The fourth-order valence-electron chi connectivity index (χ4n) is 2.10. The fourth-order valence-corrected chi connectivity index (χ4v) is 3.10. The Morgan fingerprint density at radius 2 is 2.05 bits per heavy atom. The minimum Gasteiger partial charge on any atom is -0.455 e. The van der Waals surface area contributed by atoms with E-state index >= 15 is 0 Å². The van der Waals surface area contributed by atoms with Gasteiger partial charge in [-0.05, 0) is 43.0 Å². The van der Waals surface area contributed by atoms with E-state index in [1.807, 2.05) is 6.07 Å². The van der Waals surface area contributed by atoms with E-state index in [1.54, 1.807) is 17.8 Å². The number of benzene rings is 1. The lowest BCUT2D eigenvalue weighted by atomic mass is 10.1. The minimum atomic E-state index is -0.0901. The first-order valence-electron chi connectivity index (χ1n) is 7.24. The highest BCUT2D eigenvalue weighted by molar-refractivity contribution is 7.97. The topological polar surface area (TPSA) is 42.2 Å². The molecule has 1 aliphatic rings. The van der Waals surface area contributed by atoms with E-state index in [4.69, 9.17) is 4.42 Å². The summed E-state index contributed by atoms with van der Waals surface area (Å²) in [6.07, 6.45) is 2.18. The zero-order valence-electron chi connectivity index (χ0n) is 12.1. The summed E-state index contributed by atoms with van der Waals surface area (Å²) in [6.45, 7) is 2.13. The largest absolute Gasteiger partial charge is 0.455 e. The molecule has 2 aromatic rings. The summed E-state index contributed by atoms with van der Waals surface area (Å²) in [5.41, 5.74) is 2.66. The molecule has 1 fully saturated rings. The number of aryl methyl sites for hydroxylation is 1. The van der Waals surface area contributed by atoms with Gasteiger partial charge in [-0.1, -0.05) is 24.3 Å². The number of rotatable bonds is 6. The first-order chi connectivity index (χ1) is 10.2. The highest BCUT2D eigenvalue weighted by Gasteiger charge is 2.25. The Bertz CT molecular complexity index is 631. The lowest BCUT2D eigenvalue weighted by molar-refractivity contribution is 0.0922. The van der Waals surface area contributed by atoms with Gasteiger partial charge < -0.3 is 9.73 Å². The molecule has 1 aromatic carbocycles. The van der Waals surface area contributed by atoms with Gasteiger partial charge in [-0.15, -0.1) is 11.8 Å². The van der Waals surface area contributed by atoms with Gasteiger partial charge in [-0.2, -0.15) is 0 Å². The quantitative estimate of drug-likeness (QED) is 0.879. The van der Waals surface area contributed by atoms with Gasteiger partial charge in [0.15, 0.2) is 5.76 Å². The molecule has 1 amide bonds. The monoisotopic (exact) mass is 301 g/mol. The smallest absolute Gasteiger partial charge is 0.287 e. The number of carbonyl (C=O) groups is 1. The van der Waals surface area contributed by atoms with Crippen molar-refractivity contribution in [3.63, 3.8) is 0 Å². The lowest BCUT2D eigenvalue weighted by Crippen LogP contribution is -2.24. The van der Waals surface area contributed by atoms with Gasteiger partial charge in [0.05, 0.1) is 5.75 Å². The maximum atomic E-state index is 11.8. The van der Waals surface area contributed by atoms with Crippen LogP contribution in [-0.2, 0) is 11.5 Å². The van der Waals surface area contributed by atoms with Crippen molar-refractivity contribution in [2.75, 3.05) is 0 Å². The zero-order valence-corrected chi connectivity index (χ0v) is 12.9. The third kappa shape index (κ3) is 3.91. The maximum Gasteiger partial charge on any atom is 0.287 e. The van der Waals surface area contributed by atoms with Gasteiger partial charge in [0, 0.05) is 11.8 Å². The van der Waals surface area contributed by atoms with E-state index in [0.29, 0.717) is 11.8 Å². The Labute approximate surface area is 129 Å². The van der Waals surface area contributed by atoms with Gasteiger partial charge >= 0.3 is 0 Å². The lowest BCUT2D eigenvalue weighted by Gasteiger charge is -2.04. The van der Waals surface area contributed by atoms with Gasteiger partial charge in [-0.25, -0.2) is 0 Å². The van der Waals surface area contributed by atoms with E-state index in [0.717, 1.165) is 30.1 Å². The zero-order chi connectivity index (χ0) is 14.7. The van der Waals surface area contributed by atoms with E-state index in [1.165, 1.54) is 11.1 Å². The van der Waals surface area contributed by atoms with Gasteiger partial charge in [-0.3, -0.25) is 4.79 Å². The molecule has 110 valence electrons. The molecule has 0 unspecified atom stereocenters. The summed E-state index contributed by atoms with van der Waals surface area (Å²) in [5, 5.41) is 2.93. The summed E-state index contributed by atoms with van der Waals surface area (Å²) in [5.74, 6) is 2.93. The molecule has 1 saturated carbocycles. The Balaban J connectivity index is 1.50. The number of amides is 1. The van der Waals surface area contributed by atoms with Crippen molar-refractivity contribution in [1.82, 2.24) is 5.32 Å². The van der Waals surface area contributed by atoms with Crippen molar-refractivity contribution in [1.29, 1.82) is 0 Å². The van der Waals surface area contributed by atoms with Crippen LogP contribution >= 0.6 is 11.8 Å². The predicted octanol–water partition coefficient (Wildman–Crippen LogP) is 3.91. The molecule has 1 heterocycles. The van der Waals surface area contributed by atoms with E-state index in [9.17, 15) is 4.79 Å². The Kier molecular flexibility index (Phi) is 4.34. The molecule has 4 heteroatoms. The molecule has 1 aliphatic carbocycles. The molecule has 0 aliphatic heterocycles. The van der Waals surface area contributed by atoms with Crippen LogP contribution in [0.2, 0.25) is 0 Å². The molecule has 3 nitrogen and oxygen atoms in total. The second-order valence-corrected chi connectivity index (χ2v) is 6.42. The summed E-state index contributed by atoms with van der Waals surface area (Å²) in [6, 6.07) is 12.4. The van der Waals surface area contributed by atoms with Crippen LogP contribution in [0.25, 0.3) is 0 Å². The van der Waals surface area contributed by atoms with Crippen molar-refractivity contribution < 1.29 is 9.21 Å². The highest BCUT2D eigenvalue weighted by Crippen LogP contribution is 2.22. The van der Waals surface area contributed by atoms with Crippen molar-refractivity contribution in [3.8, 4) is 0 Å². The molecule has 0 atom stereocenters. The number of thioether (sulfide) groups is 1. The predicted molar refractivity (Wildman–Crippen MR) is 85.4 cm³/mol. The minimum absolute atomic E-state index is 0.0901. The van der Waals surface area contributed by atoms with Crippen LogP contribution in [0.4, 0.5) is 0 Å². The van der Waals surface area contributed by atoms with Gasteiger partial charge in [0.1, 0.15) is 5.76 Å². The molecular weight excluding hydrogens is 282 g/mol. The number of nitrogens with one attached hydrogen (secondary N) is 1. The van der Waals surface area contributed by atoms with Crippen LogP contribution in [0.1, 0.15) is 40.3 Å². The Morgan fingerprint density at radius 3 is 2.81 bits per heavy atom. The van der Waals surface area contributed by atoms with Crippen LogP contribution in [0.15, 0.2) is 40.8 Å². The average Bonchev–Trinajstić information content (AvgIpc) is 3.16. The first-order valence-corrected chi connectivity index (χ1v) is 8.39. The summed E-state index contributed by atoms with van der Waals surface area (Å²) < 4.78 is 5.61. The van der Waals surface area contributed by atoms with Crippen LogP contribution in [0, 0.1) is 6.92 Å². The standard InChI is InChI=1S/C17H19NO2S/c1-12-4-2-3-5-13(12)10-21-11-15-8-9-16(20-15)17(19)18-14-6-7-14/h2-5,8-9,14H,6-7,10-11H2,1H3,(H,18,19). The molecule has 0 bridgehead atoms. The molecule has 1 N–H and O–H groups in total. The van der Waals surface area contributed by atoms with E-state index < -0.39 is 0 Å². The molecule has 0 saturated heterocycles. The fraction of sp³-hybridized carbons (Fsp3) is 0.353. The Morgan fingerprint density at radius 1 is 1.24 bits per heavy atom. The van der Waals surface area contributed by atoms with Gasteiger partial charge in [0.25, 0.3) is 5.91 Å². The second kappa shape index (κ2) is 6.39. The van der Waals surface area contributed by atoms with Crippen LogP contribution < -0.4 is 5.32 Å². The van der Waals surface area contributed by atoms with Crippen LogP contribution in [-0.4, -0.2) is 11.9 Å². The van der Waals surface area contributed by atoms with Crippen molar-refractivity contribution >= 4 is 17.7 Å². The summed E-state index contributed by atoms with van der Waals surface area (Å²) >= 11 is 1.80. The number of hydrogen-bond acceptors (Lipinski definition) is 3. The van der Waals surface area contributed by atoms with Crippen molar-refractivity contribution in [2.24, 2.45) is 0 Å². The third-order valence-electron chi connectivity index (χ3n) is 3.56. The SMILES string of the molecule is Cc1ccccc1CSCc1ccc(C(=O)NC2CC2)o1. The van der Waals surface area contributed by atoms with Crippen molar-refractivity contribution in [2.45, 2.75) is 37.3 Å². The molecule has 3 rings (SSSR count). The summed E-state index contributed by atoms with van der Waals surface area (Å²) in [7, 11) is 0. The second-order valence-electron chi connectivity index (χ2n) is 5.43. The molecule has 0 spiro atoms. The Hall–Kier alpha value is -1.68. The first kappa shape index (κ1) is 14.3. The molecule has 21 heavy (non-hydrogen) atoms. The summed E-state index contributed by atoms with van der Waals surface area (Å²) in [4.78, 5) is 11.8. The van der Waals surface area contributed by atoms with E-state index in [-0.39, 0.29) is 5.91 Å². The molecule has 0 radical (unpaired) electrons. The molecule has 1 aromatic heterocycles. The third-order valence-corrected chi connectivity index (χ3v) is 4.56. The van der Waals surface area contributed by atoms with Crippen LogP contribution in [0.3, 0.4) is 0 Å². The number of furan rings is 1.